The van der Waals surface area contributed by atoms with Crippen LogP contribution in [-0.4, -0.2) is 27.2 Å². The maximum absolute atomic E-state index is 9.36. The highest BCUT2D eigenvalue weighted by Gasteiger charge is 2.18. The summed E-state index contributed by atoms with van der Waals surface area (Å²) in [5.41, 5.74) is 0.976. The van der Waals surface area contributed by atoms with Gasteiger partial charge < -0.3 is 10.4 Å². The first-order valence-corrected chi connectivity index (χ1v) is 5.51. The molecular weight excluding hydrogens is 190 g/mol. The van der Waals surface area contributed by atoms with E-state index in [2.05, 4.69) is 15.3 Å². The van der Waals surface area contributed by atoms with Gasteiger partial charge in [-0.2, -0.15) is 0 Å². The first-order valence-electron chi connectivity index (χ1n) is 5.51. The largest absolute Gasteiger partial charge is 0.393 e. The fourth-order valence-corrected chi connectivity index (χ4v) is 1.95. The summed E-state index contributed by atoms with van der Waals surface area (Å²) in [6, 6.07) is 0.524. The molecule has 1 aromatic rings. The maximum Gasteiger partial charge on any atom is 0.0724 e. The van der Waals surface area contributed by atoms with Gasteiger partial charge in [0.2, 0.25) is 0 Å². The standard InChI is InChI=1S/C11H17N3O/c15-11-3-1-9(2-4-11)14-8-10-7-12-5-6-13-10/h5-7,9,11,14-15H,1-4,8H2. The second-order valence-electron chi connectivity index (χ2n) is 4.08. The SMILES string of the molecule is OC1CCC(NCc2cnccn2)CC1. The smallest absolute Gasteiger partial charge is 0.0724 e. The summed E-state index contributed by atoms with van der Waals surface area (Å²) in [6.07, 6.45) is 9.03. The van der Waals surface area contributed by atoms with E-state index in [1.54, 1.807) is 18.6 Å². The van der Waals surface area contributed by atoms with Crippen LogP contribution in [0.3, 0.4) is 0 Å². The Morgan fingerprint density at radius 2 is 2.07 bits per heavy atom. The van der Waals surface area contributed by atoms with Gasteiger partial charge in [-0.15, -0.1) is 0 Å². The van der Waals surface area contributed by atoms with Crippen molar-refractivity contribution in [2.75, 3.05) is 0 Å². The third-order valence-electron chi connectivity index (χ3n) is 2.89. The number of hydrogen-bond donors (Lipinski definition) is 2. The molecule has 1 heterocycles. The number of nitrogens with zero attached hydrogens (tertiary/aromatic N) is 2. The van der Waals surface area contributed by atoms with Crippen LogP contribution in [0.1, 0.15) is 31.4 Å². The Morgan fingerprint density at radius 1 is 1.27 bits per heavy atom. The minimum Gasteiger partial charge on any atom is -0.393 e. The van der Waals surface area contributed by atoms with Crippen LogP contribution in [0.4, 0.5) is 0 Å². The number of aliphatic hydroxyl groups is 1. The van der Waals surface area contributed by atoms with Gasteiger partial charge >= 0.3 is 0 Å². The van der Waals surface area contributed by atoms with Gasteiger partial charge in [0.15, 0.2) is 0 Å². The molecule has 1 fully saturated rings. The van der Waals surface area contributed by atoms with Crippen molar-refractivity contribution in [1.29, 1.82) is 0 Å². The molecule has 0 amide bonds. The van der Waals surface area contributed by atoms with Crippen molar-refractivity contribution in [2.24, 2.45) is 0 Å². The third-order valence-corrected chi connectivity index (χ3v) is 2.89. The molecule has 0 radical (unpaired) electrons. The summed E-state index contributed by atoms with van der Waals surface area (Å²) >= 11 is 0. The molecule has 1 aliphatic carbocycles. The molecule has 0 saturated heterocycles. The van der Waals surface area contributed by atoms with Crippen LogP contribution in [0, 0.1) is 0 Å². The second kappa shape index (κ2) is 5.19. The molecule has 2 rings (SSSR count). The number of nitrogens with one attached hydrogen (secondary N) is 1. The molecule has 0 atom stereocenters. The molecule has 4 heteroatoms. The molecule has 0 unspecified atom stereocenters. The summed E-state index contributed by atoms with van der Waals surface area (Å²) in [7, 11) is 0. The zero-order valence-corrected chi connectivity index (χ0v) is 8.76. The van der Waals surface area contributed by atoms with Crippen LogP contribution in [0.15, 0.2) is 18.6 Å². The highest BCUT2D eigenvalue weighted by Crippen LogP contribution is 2.18. The highest BCUT2D eigenvalue weighted by atomic mass is 16.3. The summed E-state index contributed by atoms with van der Waals surface area (Å²) in [5, 5.41) is 12.8. The van der Waals surface area contributed by atoms with Crippen LogP contribution < -0.4 is 5.32 Å². The molecule has 15 heavy (non-hydrogen) atoms. The van der Waals surface area contributed by atoms with Gasteiger partial charge in [-0.1, -0.05) is 0 Å². The number of aliphatic hydroxyl groups excluding tert-OH is 1. The molecule has 2 N–H and O–H groups in total. The molecular formula is C11H17N3O. The zero-order valence-electron chi connectivity index (χ0n) is 8.76. The van der Waals surface area contributed by atoms with E-state index in [1.165, 1.54) is 0 Å². The van der Waals surface area contributed by atoms with E-state index in [1.807, 2.05) is 0 Å². The normalized spacial score (nSPS) is 26.5. The second-order valence-corrected chi connectivity index (χ2v) is 4.08. The van der Waals surface area contributed by atoms with E-state index in [9.17, 15) is 5.11 Å². The zero-order chi connectivity index (χ0) is 10.5. The Hall–Kier alpha value is -1.00. The molecule has 1 saturated carbocycles. The minimum atomic E-state index is -0.0837. The Labute approximate surface area is 89.8 Å². The van der Waals surface area contributed by atoms with Crippen molar-refractivity contribution in [3.8, 4) is 0 Å². The van der Waals surface area contributed by atoms with Crippen molar-refractivity contribution in [1.82, 2.24) is 15.3 Å². The number of rotatable bonds is 3. The fraction of sp³-hybridized carbons (Fsp3) is 0.636. The molecule has 4 nitrogen and oxygen atoms in total. The van der Waals surface area contributed by atoms with Crippen molar-refractivity contribution >= 4 is 0 Å². The van der Waals surface area contributed by atoms with Crippen molar-refractivity contribution < 1.29 is 5.11 Å². The van der Waals surface area contributed by atoms with Gasteiger partial charge in [0.25, 0.3) is 0 Å². The monoisotopic (exact) mass is 207 g/mol. The van der Waals surface area contributed by atoms with Gasteiger partial charge in [-0.3, -0.25) is 9.97 Å². The van der Waals surface area contributed by atoms with Crippen molar-refractivity contribution in [2.45, 2.75) is 44.4 Å². The van der Waals surface area contributed by atoms with Crippen LogP contribution in [0.2, 0.25) is 0 Å². The summed E-state index contributed by atoms with van der Waals surface area (Å²) in [5.74, 6) is 0. The number of aromatic nitrogens is 2. The summed E-state index contributed by atoms with van der Waals surface area (Å²) in [6.45, 7) is 0.772. The van der Waals surface area contributed by atoms with Gasteiger partial charge in [0.05, 0.1) is 11.8 Å². The Balaban J connectivity index is 1.74. The molecule has 0 aromatic carbocycles. The van der Waals surface area contributed by atoms with E-state index in [0.717, 1.165) is 37.9 Å². The lowest BCUT2D eigenvalue weighted by Gasteiger charge is -2.26. The molecule has 1 aromatic heterocycles. The first-order chi connectivity index (χ1) is 7.34. The van der Waals surface area contributed by atoms with Crippen LogP contribution in [-0.2, 0) is 6.54 Å². The van der Waals surface area contributed by atoms with E-state index in [4.69, 9.17) is 0 Å². The van der Waals surface area contributed by atoms with Crippen molar-refractivity contribution in [3.63, 3.8) is 0 Å². The summed E-state index contributed by atoms with van der Waals surface area (Å²) < 4.78 is 0. The Kier molecular flexibility index (Phi) is 3.64. The Morgan fingerprint density at radius 3 is 2.73 bits per heavy atom. The predicted octanol–water partition coefficient (Wildman–Crippen LogP) is 0.870. The van der Waals surface area contributed by atoms with E-state index in [-0.39, 0.29) is 6.10 Å². The van der Waals surface area contributed by atoms with Gasteiger partial charge in [0.1, 0.15) is 0 Å². The lowest BCUT2D eigenvalue weighted by molar-refractivity contribution is 0.116. The lowest BCUT2D eigenvalue weighted by Crippen LogP contribution is -2.34. The minimum absolute atomic E-state index is 0.0837. The fourth-order valence-electron chi connectivity index (χ4n) is 1.95. The first kappa shape index (κ1) is 10.5. The molecule has 0 aliphatic heterocycles. The van der Waals surface area contributed by atoms with E-state index >= 15 is 0 Å². The van der Waals surface area contributed by atoms with Crippen LogP contribution >= 0.6 is 0 Å². The number of hydrogen-bond acceptors (Lipinski definition) is 4. The maximum atomic E-state index is 9.36. The average Bonchev–Trinajstić information content (AvgIpc) is 2.30. The third kappa shape index (κ3) is 3.25. The van der Waals surface area contributed by atoms with Crippen LogP contribution in [0.25, 0.3) is 0 Å². The topological polar surface area (TPSA) is 58.0 Å². The quantitative estimate of drug-likeness (QED) is 0.772. The average molecular weight is 207 g/mol. The summed E-state index contributed by atoms with van der Waals surface area (Å²) in [4.78, 5) is 8.22. The predicted molar refractivity (Wildman–Crippen MR) is 57.1 cm³/mol. The van der Waals surface area contributed by atoms with Crippen LogP contribution in [0.5, 0.6) is 0 Å². The molecule has 0 bridgehead atoms. The molecule has 0 spiro atoms. The Bertz CT molecular complexity index is 283. The highest BCUT2D eigenvalue weighted by molar-refractivity contribution is 4.94. The van der Waals surface area contributed by atoms with Gasteiger partial charge in [-0.25, -0.2) is 0 Å². The van der Waals surface area contributed by atoms with E-state index < -0.39 is 0 Å². The van der Waals surface area contributed by atoms with E-state index in [0.29, 0.717) is 6.04 Å². The van der Waals surface area contributed by atoms with Gasteiger partial charge in [-0.05, 0) is 25.7 Å². The van der Waals surface area contributed by atoms with Gasteiger partial charge in [0, 0.05) is 31.2 Å². The molecule has 82 valence electrons. The lowest BCUT2D eigenvalue weighted by atomic mass is 9.93. The van der Waals surface area contributed by atoms with Crippen molar-refractivity contribution in [3.05, 3.63) is 24.3 Å². The molecule has 1 aliphatic rings.